The van der Waals surface area contributed by atoms with Crippen LogP contribution < -0.4 is 27.0 Å². The van der Waals surface area contributed by atoms with Crippen molar-refractivity contribution >= 4 is 5.69 Å². The van der Waals surface area contributed by atoms with Crippen LogP contribution in [0.4, 0.5) is 5.69 Å². The fourth-order valence-corrected chi connectivity index (χ4v) is 4.37. The molecular weight excluding hydrogens is 480 g/mol. The van der Waals surface area contributed by atoms with Gasteiger partial charge in [-0.3, -0.25) is 9.80 Å². The summed E-state index contributed by atoms with van der Waals surface area (Å²) in [6.45, 7) is 17.3. The number of nitrogens with two attached hydrogens (primary N) is 2. The van der Waals surface area contributed by atoms with Crippen LogP contribution in [0.25, 0.3) is 0 Å². The molecule has 0 amide bonds. The second-order valence-electron chi connectivity index (χ2n) is 10.2. The number of phenols is 1. The van der Waals surface area contributed by atoms with Gasteiger partial charge in [0, 0.05) is 56.1 Å². The highest BCUT2D eigenvalue weighted by atomic mass is 16.6. The maximum Gasteiger partial charge on any atom is 0.126 e. The molecule has 1 unspecified atom stereocenters. The summed E-state index contributed by atoms with van der Waals surface area (Å²) in [7, 11) is 1.62. The quantitative estimate of drug-likeness (QED) is 0.158. The maximum atomic E-state index is 10.4. The van der Waals surface area contributed by atoms with Gasteiger partial charge in [0.05, 0.1) is 20.4 Å². The van der Waals surface area contributed by atoms with E-state index in [1.807, 2.05) is 13.0 Å². The zero-order valence-corrected chi connectivity index (χ0v) is 24.2. The van der Waals surface area contributed by atoms with E-state index in [2.05, 4.69) is 72.6 Å². The molecule has 0 aliphatic carbocycles. The lowest BCUT2D eigenvalue weighted by molar-refractivity contribution is 0.0433. The molecule has 1 saturated heterocycles. The summed E-state index contributed by atoms with van der Waals surface area (Å²) in [6.07, 6.45) is 0.505. The Balaban J connectivity index is 0.000000638. The van der Waals surface area contributed by atoms with Gasteiger partial charge in [0.1, 0.15) is 17.7 Å². The zero-order chi connectivity index (χ0) is 28.1. The number of nitrogens with one attached hydrogen (secondary N) is 2. The van der Waals surface area contributed by atoms with Crippen molar-refractivity contribution in [2.45, 2.75) is 65.7 Å². The number of hydrogen-bond acceptors (Lipinski definition) is 9. The van der Waals surface area contributed by atoms with Crippen LogP contribution >= 0.6 is 0 Å². The highest BCUT2D eigenvalue weighted by Crippen LogP contribution is 2.35. The standard InChI is InChI=1S/C25H38N4O2.C4H12N2O/c1-17(2)21-14-22(23(30)15-24(21)31-5)25(26)27-20-8-6-19(7-9-20)16-28-10-12-29(13-11-28)18(3)4;1-2-3-7-6-4-5/h6-9,14-15,17-18,25,27,30H,10-13,16,26H2,1-5H3;6H,2-5H2,1H3. The lowest BCUT2D eigenvalue weighted by Gasteiger charge is -2.37. The van der Waals surface area contributed by atoms with Crippen molar-refractivity contribution in [2.24, 2.45) is 11.5 Å². The molecule has 0 radical (unpaired) electrons. The molecule has 2 aromatic rings. The first-order valence-electron chi connectivity index (χ1n) is 13.7. The maximum absolute atomic E-state index is 10.4. The van der Waals surface area contributed by atoms with E-state index in [1.54, 1.807) is 13.2 Å². The predicted molar refractivity (Wildman–Crippen MR) is 156 cm³/mol. The predicted octanol–water partition coefficient (Wildman–Crippen LogP) is 3.95. The van der Waals surface area contributed by atoms with Gasteiger partial charge in [0.15, 0.2) is 0 Å². The topological polar surface area (TPSA) is 121 Å². The minimum atomic E-state index is -0.515. The smallest absolute Gasteiger partial charge is 0.126 e. The summed E-state index contributed by atoms with van der Waals surface area (Å²) in [5.74, 6) is 1.09. The molecule has 38 heavy (non-hydrogen) atoms. The summed E-state index contributed by atoms with van der Waals surface area (Å²) < 4.78 is 5.41. The number of piperazine rings is 1. The van der Waals surface area contributed by atoms with E-state index in [1.165, 1.54) is 5.56 Å². The number of anilines is 1. The highest BCUT2D eigenvalue weighted by molar-refractivity contribution is 5.52. The number of aromatic hydroxyl groups is 1. The van der Waals surface area contributed by atoms with Gasteiger partial charge < -0.3 is 31.5 Å². The third-order valence-corrected chi connectivity index (χ3v) is 6.65. The molecule has 0 aromatic heterocycles. The number of hydrogen-bond donors (Lipinski definition) is 5. The minimum absolute atomic E-state index is 0.137. The summed E-state index contributed by atoms with van der Waals surface area (Å²) in [6, 6.07) is 12.6. The minimum Gasteiger partial charge on any atom is -0.507 e. The Kier molecular flexibility index (Phi) is 13.8. The van der Waals surface area contributed by atoms with E-state index in [4.69, 9.17) is 21.0 Å². The van der Waals surface area contributed by atoms with E-state index < -0.39 is 6.17 Å². The van der Waals surface area contributed by atoms with Crippen molar-refractivity contribution in [1.29, 1.82) is 0 Å². The highest BCUT2D eigenvalue weighted by Gasteiger charge is 2.19. The molecule has 1 atom stereocenters. The SMILES string of the molecule is CCCONCN.COc1cc(O)c(C(N)Nc2ccc(CN3CCN(C(C)C)CC3)cc2)cc1C(C)C. The normalized spacial score (nSPS) is 15.3. The van der Waals surface area contributed by atoms with Gasteiger partial charge in [-0.25, -0.2) is 0 Å². The van der Waals surface area contributed by atoms with E-state index in [0.717, 1.165) is 57.0 Å². The molecule has 0 bridgehead atoms. The number of phenolic OH excluding ortho intramolecular Hbond substituents is 1. The Morgan fingerprint density at radius 2 is 1.66 bits per heavy atom. The van der Waals surface area contributed by atoms with Crippen LogP contribution in [0.5, 0.6) is 11.5 Å². The molecule has 1 fully saturated rings. The van der Waals surface area contributed by atoms with Crippen LogP contribution in [0.15, 0.2) is 36.4 Å². The molecule has 0 saturated carbocycles. The van der Waals surface area contributed by atoms with Crippen molar-refractivity contribution in [3.05, 3.63) is 53.1 Å². The monoisotopic (exact) mass is 530 g/mol. The summed E-state index contributed by atoms with van der Waals surface area (Å²) in [4.78, 5) is 9.80. The Morgan fingerprint density at radius 3 is 2.18 bits per heavy atom. The lowest BCUT2D eigenvalue weighted by Crippen LogP contribution is -2.48. The average Bonchev–Trinajstić information content (AvgIpc) is 2.90. The first-order chi connectivity index (χ1) is 18.2. The molecule has 1 aliphatic rings. The zero-order valence-electron chi connectivity index (χ0n) is 24.2. The molecule has 1 heterocycles. The van der Waals surface area contributed by atoms with Crippen LogP contribution in [0, 0.1) is 0 Å². The molecule has 9 heteroatoms. The fraction of sp³-hybridized carbons (Fsp3) is 0.586. The number of methoxy groups -OCH3 is 1. The molecule has 214 valence electrons. The van der Waals surface area contributed by atoms with Crippen LogP contribution in [-0.2, 0) is 11.4 Å². The van der Waals surface area contributed by atoms with Crippen molar-refractivity contribution in [2.75, 3.05) is 51.9 Å². The van der Waals surface area contributed by atoms with Gasteiger partial charge in [-0.05, 0) is 55.5 Å². The van der Waals surface area contributed by atoms with Crippen molar-refractivity contribution in [3.8, 4) is 11.5 Å². The van der Waals surface area contributed by atoms with Crippen molar-refractivity contribution in [3.63, 3.8) is 0 Å². The molecule has 7 N–H and O–H groups in total. The first-order valence-corrected chi connectivity index (χ1v) is 13.7. The number of hydroxylamine groups is 1. The van der Waals surface area contributed by atoms with Crippen molar-refractivity contribution in [1.82, 2.24) is 15.3 Å². The first kappa shape index (κ1) is 31.8. The Bertz CT molecular complexity index is 927. The van der Waals surface area contributed by atoms with Gasteiger partial charge in [-0.15, -0.1) is 0 Å². The Hall–Kier alpha value is -2.40. The molecule has 3 rings (SSSR count). The number of ether oxygens (including phenoxy) is 1. The van der Waals surface area contributed by atoms with Crippen LogP contribution in [0.2, 0.25) is 0 Å². The second-order valence-corrected chi connectivity index (χ2v) is 10.2. The van der Waals surface area contributed by atoms with E-state index in [9.17, 15) is 5.11 Å². The molecule has 0 spiro atoms. The van der Waals surface area contributed by atoms with Gasteiger partial charge in [-0.1, -0.05) is 32.9 Å². The molecule has 2 aromatic carbocycles. The fourth-order valence-electron chi connectivity index (χ4n) is 4.37. The summed E-state index contributed by atoms with van der Waals surface area (Å²) >= 11 is 0. The van der Waals surface area contributed by atoms with Crippen molar-refractivity contribution < 1.29 is 14.7 Å². The summed E-state index contributed by atoms with van der Waals surface area (Å²) in [5.41, 5.74) is 17.9. The van der Waals surface area contributed by atoms with Gasteiger partial charge >= 0.3 is 0 Å². The molecule has 9 nitrogen and oxygen atoms in total. The molecular formula is C29H50N6O3. The average molecular weight is 531 g/mol. The number of rotatable bonds is 12. The number of benzene rings is 2. The second kappa shape index (κ2) is 16.5. The Labute approximate surface area is 229 Å². The van der Waals surface area contributed by atoms with E-state index in [-0.39, 0.29) is 11.7 Å². The summed E-state index contributed by atoms with van der Waals surface area (Å²) in [5, 5.41) is 13.8. The third-order valence-electron chi connectivity index (χ3n) is 6.65. The van der Waals surface area contributed by atoms with Gasteiger partial charge in [0.25, 0.3) is 0 Å². The molecule has 1 aliphatic heterocycles. The number of nitrogens with zero attached hydrogens (tertiary/aromatic N) is 2. The van der Waals surface area contributed by atoms with Gasteiger partial charge in [0.2, 0.25) is 0 Å². The van der Waals surface area contributed by atoms with Crippen LogP contribution in [0.3, 0.4) is 0 Å². The van der Waals surface area contributed by atoms with Gasteiger partial charge in [-0.2, -0.15) is 5.48 Å². The third kappa shape index (κ3) is 10.1. The van der Waals surface area contributed by atoms with E-state index in [0.29, 0.717) is 24.0 Å². The van der Waals surface area contributed by atoms with E-state index >= 15 is 0 Å². The Morgan fingerprint density at radius 1 is 1.00 bits per heavy atom. The largest absolute Gasteiger partial charge is 0.507 e. The lowest BCUT2D eigenvalue weighted by atomic mass is 9.97. The van der Waals surface area contributed by atoms with Crippen LogP contribution in [0.1, 0.15) is 69.8 Å². The van der Waals surface area contributed by atoms with Crippen LogP contribution in [-0.4, -0.2) is 67.5 Å².